The lowest BCUT2D eigenvalue weighted by Gasteiger charge is -2.33. The van der Waals surface area contributed by atoms with E-state index in [4.69, 9.17) is 14.5 Å². The second kappa shape index (κ2) is 13.9. The van der Waals surface area contributed by atoms with Crippen molar-refractivity contribution in [2.75, 3.05) is 51.8 Å². The minimum absolute atomic E-state index is 0.0268. The molecule has 6 rings (SSSR count). The number of aromatic nitrogens is 1. The van der Waals surface area contributed by atoms with E-state index in [2.05, 4.69) is 22.3 Å². The van der Waals surface area contributed by atoms with Gasteiger partial charge in [-0.15, -0.1) is 0 Å². The van der Waals surface area contributed by atoms with E-state index in [1.807, 2.05) is 11.0 Å². The van der Waals surface area contributed by atoms with Crippen molar-refractivity contribution in [2.24, 2.45) is 0 Å². The molecule has 0 bridgehead atoms. The third-order valence-electron chi connectivity index (χ3n) is 9.82. The molecule has 1 aliphatic carbocycles. The van der Waals surface area contributed by atoms with Gasteiger partial charge in [0.1, 0.15) is 11.9 Å². The van der Waals surface area contributed by atoms with E-state index < -0.39 is 17.8 Å². The summed E-state index contributed by atoms with van der Waals surface area (Å²) in [6.45, 7) is 4.81. The molecule has 1 saturated carbocycles. The number of aryl methyl sites for hydroxylation is 2. The number of carboxylic acid groups (broad SMARTS) is 1. The number of carbonyl (C=O) groups is 1. The minimum Gasteiger partial charge on any atom is -0.493 e. The first-order chi connectivity index (χ1) is 21.0. The van der Waals surface area contributed by atoms with E-state index in [0.717, 1.165) is 94.1 Å². The Morgan fingerprint density at radius 3 is 2.72 bits per heavy atom. The van der Waals surface area contributed by atoms with Crippen LogP contribution in [0, 0.1) is 5.82 Å². The summed E-state index contributed by atoms with van der Waals surface area (Å²) in [5.74, 6) is -0.123. The molecule has 2 saturated heterocycles. The fourth-order valence-electron chi connectivity index (χ4n) is 7.28. The zero-order valence-corrected chi connectivity index (χ0v) is 25.5. The van der Waals surface area contributed by atoms with Gasteiger partial charge in [0.2, 0.25) is 0 Å². The molecule has 0 spiro atoms. The molecule has 3 fully saturated rings. The molecule has 2 atom stereocenters. The summed E-state index contributed by atoms with van der Waals surface area (Å²) in [6, 6.07) is 7.60. The Balaban J connectivity index is 1.00. The number of likely N-dealkylation sites (tertiary alicyclic amines) is 2. The van der Waals surface area contributed by atoms with Crippen molar-refractivity contribution in [3.63, 3.8) is 0 Å². The van der Waals surface area contributed by atoms with Crippen LogP contribution in [0.1, 0.15) is 92.1 Å². The van der Waals surface area contributed by atoms with Crippen LogP contribution >= 0.6 is 0 Å². The molecule has 2 aromatic rings. The van der Waals surface area contributed by atoms with Crippen molar-refractivity contribution in [3.05, 3.63) is 52.5 Å². The van der Waals surface area contributed by atoms with Crippen LogP contribution in [0.5, 0.6) is 5.75 Å². The van der Waals surface area contributed by atoms with E-state index in [-0.39, 0.29) is 17.8 Å². The summed E-state index contributed by atoms with van der Waals surface area (Å²) in [7, 11) is 1.42. The Hall–Kier alpha value is -2.75. The number of nitrogens with zero attached hydrogens (tertiary/aromatic N) is 3. The molecule has 8 nitrogen and oxygen atoms in total. The SMILES string of the molecule is COc1c(F)cc(C2CCN(C3CC3)CC2)cc1[C@H](C(=O)O)N1CC[C@@H](OCCCCCc2ccc3c(n2)NCCC3)C1. The van der Waals surface area contributed by atoms with Crippen molar-refractivity contribution in [1.29, 1.82) is 0 Å². The molecule has 4 aliphatic rings. The molecular formula is C34H47FN4O4. The van der Waals surface area contributed by atoms with E-state index >= 15 is 4.39 Å². The molecule has 2 N–H and O–H groups in total. The zero-order valence-electron chi connectivity index (χ0n) is 25.5. The third kappa shape index (κ3) is 7.32. The van der Waals surface area contributed by atoms with E-state index in [1.165, 1.54) is 31.9 Å². The highest BCUT2D eigenvalue weighted by Gasteiger charge is 2.38. The summed E-state index contributed by atoms with van der Waals surface area (Å²) >= 11 is 0. The van der Waals surface area contributed by atoms with Crippen LogP contribution in [0.4, 0.5) is 10.2 Å². The predicted molar refractivity (Wildman–Crippen MR) is 164 cm³/mol. The van der Waals surface area contributed by atoms with Crippen LogP contribution in [-0.2, 0) is 22.4 Å². The number of methoxy groups -OCH3 is 1. The number of aliphatic carboxylic acids is 1. The molecule has 3 aliphatic heterocycles. The number of anilines is 1. The van der Waals surface area contributed by atoms with Gasteiger partial charge in [-0.2, -0.15) is 0 Å². The molecule has 4 heterocycles. The van der Waals surface area contributed by atoms with Crippen LogP contribution in [0.25, 0.3) is 0 Å². The monoisotopic (exact) mass is 594 g/mol. The van der Waals surface area contributed by atoms with Crippen LogP contribution in [0.3, 0.4) is 0 Å². The van der Waals surface area contributed by atoms with Gasteiger partial charge in [-0.25, -0.2) is 9.37 Å². The molecule has 234 valence electrons. The summed E-state index contributed by atoms with van der Waals surface area (Å²) in [4.78, 5) is 21.9. The number of fused-ring (bicyclic) bond motifs is 1. The smallest absolute Gasteiger partial charge is 0.325 e. The number of unbranched alkanes of at least 4 members (excludes halogenated alkanes) is 2. The van der Waals surface area contributed by atoms with Gasteiger partial charge in [0.15, 0.2) is 11.6 Å². The van der Waals surface area contributed by atoms with Crippen molar-refractivity contribution in [3.8, 4) is 5.75 Å². The summed E-state index contributed by atoms with van der Waals surface area (Å²) in [5.41, 5.74) is 3.77. The lowest BCUT2D eigenvalue weighted by atomic mass is 9.87. The topological polar surface area (TPSA) is 87.2 Å². The average Bonchev–Trinajstić information content (AvgIpc) is 3.77. The number of ether oxygens (including phenoxy) is 2. The van der Waals surface area contributed by atoms with Crippen molar-refractivity contribution >= 4 is 11.8 Å². The molecular weight excluding hydrogens is 547 g/mol. The standard InChI is InChI=1S/C34H47FN4O4/c1-42-32-29(20-25(21-30(32)35)23-12-16-38(17-13-23)27-10-11-27)31(34(40)41)39-18-14-28(22-39)43-19-4-2-3-7-26-9-8-24-6-5-15-36-33(24)37-26/h8-9,20-21,23,27-28,31H,2-7,10-19,22H2,1H3,(H,36,37)(H,40,41)/t28-,31-/m1/s1. The van der Waals surface area contributed by atoms with Gasteiger partial charge >= 0.3 is 5.97 Å². The quantitative estimate of drug-likeness (QED) is 0.292. The predicted octanol–water partition coefficient (Wildman–Crippen LogP) is 5.56. The maximum atomic E-state index is 15.3. The van der Waals surface area contributed by atoms with Crippen LogP contribution in [0.15, 0.2) is 24.3 Å². The molecule has 43 heavy (non-hydrogen) atoms. The van der Waals surface area contributed by atoms with Crippen LogP contribution in [-0.4, -0.2) is 84.4 Å². The number of hydrogen-bond acceptors (Lipinski definition) is 7. The number of hydrogen-bond donors (Lipinski definition) is 2. The Labute approximate surface area is 254 Å². The second-order valence-electron chi connectivity index (χ2n) is 12.8. The number of benzene rings is 1. The van der Waals surface area contributed by atoms with Crippen molar-refractivity contribution in [2.45, 2.75) is 94.7 Å². The number of halogens is 1. The maximum absolute atomic E-state index is 15.3. The average molecular weight is 595 g/mol. The number of carboxylic acids is 1. The highest BCUT2D eigenvalue weighted by atomic mass is 19.1. The summed E-state index contributed by atoms with van der Waals surface area (Å²) in [6.07, 6.45) is 11.6. The van der Waals surface area contributed by atoms with E-state index in [9.17, 15) is 9.90 Å². The number of rotatable bonds is 13. The number of nitrogens with one attached hydrogen (secondary N) is 1. The van der Waals surface area contributed by atoms with Crippen LogP contribution < -0.4 is 10.1 Å². The Morgan fingerprint density at radius 2 is 1.95 bits per heavy atom. The van der Waals surface area contributed by atoms with Gasteiger partial charge < -0.3 is 24.8 Å². The third-order valence-corrected chi connectivity index (χ3v) is 9.82. The lowest BCUT2D eigenvalue weighted by Crippen LogP contribution is -2.35. The summed E-state index contributed by atoms with van der Waals surface area (Å²) < 4.78 is 27.0. The maximum Gasteiger partial charge on any atom is 0.325 e. The highest BCUT2D eigenvalue weighted by Crippen LogP contribution is 2.40. The first kappa shape index (κ1) is 30.3. The van der Waals surface area contributed by atoms with Gasteiger partial charge in [-0.1, -0.05) is 12.5 Å². The van der Waals surface area contributed by atoms with Gasteiger partial charge in [0.25, 0.3) is 0 Å². The first-order valence-electron chi connectivity index (χ1n) is 16.4. The highest BCUT2D eigenvalue weighted by molar-refractivity contribution is 5.77. The first-order valence-corrected chi connectivity index (χ1v) is 16.4. The zero-order chi connectivity index (χ0) is 29.8. The number of piperidine rings is 1. The molecule has 0 radical (unpaired) electrons. The van der Waals surface area contributed by atoms with Gasteiger partial charge in [0, 0.05) is 43.5 Å². The molecule has 0 unspecified atom stereocenters. The Kier molecular flexibility index (Phi) is 9.80. The van der Waals surface area contributed by atoms with Crippen molar-refractivity contribution in [1.82, 2.24) is 14.8 Å². The minimum atomic E-state index is -0.981. The Bertz CT molecular complexity index is 1260. The fourth-order valence-corrected chi connectivity index (χ4v) is 7.28. The number of pyridine rings is 1. The largest absolute Gasteiger partial charge is 0.493 e. The molecule has 1 aromatic heterocycles. The van der Waals surface area contributed by atoms with E-state index in [0.29, 0.717) is 25.3 Å². The molecule has 0 amide bonds. The summed E-state index contributed by atoms with van der Waals surface area (Å²) in [5, 5.41) is 13.8. The second-order valence-corrected chi connectivity index (χ2v) is 12.8. The molecule has 1 aromatic carbocycles. The van der Waals surface area contributed by atoms with Gasteiger partial charge in [-0.05, 0) is 113 Å². The van der Waals surface area contributed by atoms with Gasteiger partial charge in [0.05, 0.1) is 13.2 Å². The van der Waals surface area contributed by atoms with Crippen molar-refractivity contribution < 1.29 is 23.8 Å². The molecule has 9 heteroatoms. The normalized spacial score (nSPS) is 22.2. The Morgan fingerprint density at radius 1 is 1.12 bits per heavy atom. The lowest BCUT2D eigenvalue weighted by molar-refractivity contribution is -0.143. The fraction of sp³-hybridized carbons (Fsp3) is 0.647. The van der Waals surface area contributed by atoms with Gasteiger partial charge in [-0.3, -0.25) is 9.69 Å². The van der Waals surface area contributed by atoms with Crippen LogP contribution in [0.2, 0.25) is 0 Å². The van der Waals surface area contributed by atoms with E-state index in [1.54, 1.807) is 6.07 Å².